The molecule has 3 rings (SSSR count). The van der Waals surface area contributed by atoms with E-state index in [0.29, 0.717) is 5.82 Å². The lowest BCUT2D eigenvalue weighted by molar-refractivity contribution is 0.273. The molecule has 1 N–H and O–H groups in total. The fraction of sp³-hybridized carbons (Fsp3) is 0.357. The summed E-state index contributed by atoms with van der Waals surface area (Å²) in [5, 5.41) is 4.08. The summed E-state index contributed by atoms with van der Waals surface area (Å²) in [6, 6.07) is 8.36. The fourth-order valence-corrected chi connectivity index (χ4v) is 3.30. The molecule has 0 amide bonds. The van der Waals surface area contributed by atoms with Crippen molar-refractivity contribution in [3.8, 4) is 0 Å². The molecule has 1 atom stereocenters. The Labute approximate surface area is 132 Å². The van der Waals surface area contributed by atoms with Crippen molar-refractivity contribution in [2.75, 3.05) is 11.0 Å². The highest BCUT2D eigenvalue weighted by Crippen LogP contribution is 2.48. The summed E-state index contributed by atoms with van der Waals surface area (Å²) in [6.45, 7) is 0. The van der Waals surface area contributed by atoms with Crippen molar-refractivity contribution in [3.63, 3.8) is 0 Å². The Balaban J connectivity index is 1.95. The van der Waals surface area contributed by atoms with Crippen LogP contribution in [0.3, 0.4) is 0 Å². The number of halogens is 1. The van der Waals surface area contributed by atoms with E-state index in [-0.39, 0.29) is 11.4 Å². The van der Waals surface area contributed by atoms with E-state index < -0.39 is 9.71 Å². The van der Waals surface area contributed by atoms with Gasteiger partial charge in [-0.3, -0.25) is 4.72 Å². The maximum atomic E-state index is 11.7. The topological polar surface area (TPSA) is 68.0 Å². The van der Waals surface area contributed by atoms with Crippen LogP contribution >= 0.6 is 15.9 Å². The average molecular weight is 370 g/mol. The van der Waals surface area contributed by atoms with Crippen LogP contribution in [-0.4, -0.2) is 26.5 Å². The fourth-order valence-electron chi connectivity index (χ4n) is 2.58. The Morgan fingerprint density at radius 2 is 2.05 bits per heavy atom. The summed E-state index contributed by atoms with van der Waals surface area (Å²) in [5.74, 6) is 4.16. The van der Waals surface area contributed by atoms with Gasteiger partial charge in [0.05, 0.1) is 5.41 Å². The largest absolute Gasteiger partial charge is 0.332 e. The zero-order valence-corrected chi connectivity index (χ0v) is 14.0. The minimum absolute atomic E-state index is 0.163. The molecule has 21 heavy (non-hydrogen) atoms. The number of hydrogen-bond acceptors (Lipinski definition) is 4. The molecule has 1 heterocycles. The first-order valence-electron chi connectivity index (χ1n) is 6.59. The van der Waals surface area contributed by atoms with Crippen molar-refractivity contribution in [2.24, 2.45) is 0 Å². The van der Waals surface area contributed by atoms with E-state index in [1.165, 1.54) is 11.8 Å². The lowest BCUT2D eigenvalue weighted by Crippen LogP contribution is -2.36. The van der Waals surface area contributed by atoms with Crippen molar-refractivity contribution in [1.82, 2.24) is 10.1 Å². The van der Waals surface area contributed by atoms with Crippen LogP contribution in [0, 0.1) is 0 Å². The Hall–Kier alpha value is -1.34. The summed E-state index contributed by atoms with van der Waals surface area (Å²) < 4.78 is 20.5. The Kier molecular flexibility index (Phi) is 3.57. The normalized spacial score (nSPS) is 19.5. The van der Waals surface area contributed by atoms with E-state index >= 15 is 0 Å². The molecule has 1 unspecified atom stereocenters. The molecule has 0 spiro atoms. The van der Waals surface area contributed by atoms with E-state index in [0.717, 1.165) is 23.7 Å². The number of hydrogen-bond donors (Lipinski definition) is 1. The molecular weight excluding hydrogens is 354 g/mol. The van der Waals surface area contributed by atoms with E-state index in [2.05, 4.69) is 48.8 Å². The van der Waals surface area contributed by atoms with Gasteiger partial charge in [-0.1, -0.05) is 39.6 Å². The van der Waals surface area contributed by atoms with Gasteiger partial charge in [0.2, 0.25) is 0 Å². The van der Waals surface area contributed by atoms with Gasteiger partial charge in [-0.2, -0.15) is 4.98 Å². The summed E-state index contributed by atoms with van der Waals surface area (Å²) in [6.07, 6.45) is 4.59. The Bertz CT molecular complexity index is 749. The number of anilines is 1. The molecule has 2 aromatic rings. The molecule has 0 bridgehead atoms. The second-order valence-corrected chi connectivity index (χ2v) is 8.60. The van der Waals surface area contributed by atoms with Gasteiger partial charge in [0.25, 0.3) is 0 Å². The van der Waals surface area contributed by atoms with Crippen molar-refractivity contribution >= 4 is 37.5 Å². The highest BCUT2D eigenvalue weighted by molar-refractivity contribution is 9.10. The monoisotopic (exact) mass is 369 g/mol. The molecule has 112 valence electrons. The highest BCUT2D eigenvalue weighted by Gasteiger charge is 2.44. The van der Waals surface area contributed by atoms with E-state index in [9.17, 15) is 4.21 Å². The molecular formula is C14H16BrN3O2S. The van der Waals surface area contributed by atoms with Crippen molar-refractivity contribution in [2.45, 2.75) is 24.7 Å². The third kappa shape index (κ3) is 2.85. The SMILES string of the molecule is C=S(C)(=O)Nc1nc(C2(c3ccc(Br)cc3)CCC2)no1. The van der Waals surface area contributed by atoms with Gasteiger partial charge < -0.3 is 4.52 Å². The lowest BCUT2D eigenvalue weighted by atomic mass is 9.64. The Morgan fingerprint density at radius 1 is 1.38 bits per heavy atom. The number of benzene rings is 1. The standard InChI is InChI=1S/C14H16BrN3O2S/c1-21(2,19)18-13-16-12(17-20-13)14(8-3-9-14)10-4-6-11(15)7-5-10/h4-7H,1,3,8-9H2,2H3,(H,16,17,18,19). The summed E-state index contributed by atoms with van der Waals surface area (Å²) in [4.78, 5) is 4.37. The molecule has 1 aliphatic rings. The first-order valence-corrected chi connectivity index (χ1v) is 9.52. The van der Waals surface area contributed by atoms with Crippen molar-refractivity contribution in [1.29, 1.82) is 0 Å². The van der Waals surface area contributed by atoms with Gasteiger partial charge >= 0.3 is 6.01 Å². The quantitative estimate of drug-likeness (QED) is 0.841. The number of nitrogens with zero attached hydrogens (tertiary/aromatic N) is 2. The molecule has 1 aromatic heterocycles. The van der Waals surface area contributed by atoms with Gasteiger partial charge in [-0.05, 0) is 36.4 Å². The van der Waals surface area contributed by atoms with Crippen molar-refractivity contribution < 1.29 is 8.73 Å². The van der Waals surface area contributed by atoms with Crippen LogP contribution in [0.2, 0.25) is 0 Å². The van der Waals surface area contributed by atoms with Crippen LogP contribution < -0.4 is 4.72 Å². The minimum atomic E-state index is -2.42. The van der Waals surface area contributed by atoms with Crippen LogP contribution in [0.5, 0.6) is 0 Å². The van der Waals surface area contributed by atoms with Crippen LogP contribution in [-0.2, 0) is 15.1 Å². The summed E-state index contributed by atoms with van der Waals surface area (Å²) in [5.41, 5.74) is 0.982. The van der Waals surface area contributed by atoms with E-state index in [1.807, 2.05) is 12.1 Å². The van der Waals surface area contributed by atoms with Crippen LogP contribution in [0.1, 0.15) is 30.7 Å². The second kappa shape index (κ2) is 5.14. The lowest BCUT2D eigenvalue weighted by Gasteiger charge is -2.39. The van der Waals surface area contributed by atoms with Crippen LogP contribution in [0.25, 0.3) is 0 Å². The molecule has 1 aromatic carbocycles. The maximum absolute atomic E-state index is 11.7. The predicted molar refractivity (Wildman–Crippen MR) is 87.9 cm³/mol. The third-order valence-electron chi connectivity index (χ3n) is 3.76. The molecule has 7 heteroatoms. The zero-order chi connectivity index (χ0) is 15.1. The first-order chi connectivity index (χ1) is 9.89. The number of aromatic nitrogens is 2. The molecule has 0 radical (unpaired) electrons. The molecule has 1 aliphatic carbocycles. The molecule has 0 saturated heterocycles. The zero-order valence-electron chi connectivity index (χ0n) is 11.6. The van der Waals surface area contributed by atoms with E-state index in [4.69, 9.17) is 4.52 Å². The van der Waals surface area contributed by atoms with E-state index in [1.54, 1.807) is 0 Å². The van der Waals surface area contributed by atoms with Crippen LogP contribution in [0.4, 0.5) is 6.01 Å². The van der Waals surface area contributed by atoms with Gasteiger partial charge in [-0.15, -0.1) is 0 Å². The number of nitrogens with one attached hydrogen (secondary N) is 1. The van der Waals surface area contributed by atoms with Gasteiger partial charge in [-0.25, -0.2) is 4.21 Å². The summed E-state index contributed by atoms with van der Waals surface area (Å²) in [7, 11) is -2.42. The first kappa shape index (κ1) is 14.6. The molecule has 1 saturated carbocycles. The minimum Gasteiger partial charge on any atom is -0.314 e. The highest BCUT2D eigenvalue weighted by atomic mass is 79.9. The predicted octanol–water partition coefficient (Wildman–Crippen LogP) is 2.98. The smallest absolute Gasteiger partial charge is 0.314 e. The van der Waals surface area contributed by atoms with Crippen LogP contribution in [0.15, 0.2) is 33.3 Å². The summed E-state index contributed by atoms with van der Waals surface area (Å²) >= 11 is 3.45. The van der Waals surface area contributed by atoms with Gasteiger partial charge in [0.15, 0.2) is 5.82 Å². The Morgan fingerprint density at radius 3 is 2.57 bits per heavy atom. The number of rotatable bonds is 4. The van der Waals surface area contributed by atoms with Crippen molar-refractivity contribution in [3.05, 3.63) is 40.1 Å². The second-order valence-electron chi connectivity index (χ2n) is 5.47. The molecule has 0 aliphatic heterocycles. The van der Waals surface area contributed by atoms with Gasteiger partial charge in [0, 0.05) is 20.4 Å². The molecule has 1 fully saturated rings. The average Bonchev–Trinajstić information content (AvgIpc) is 2.76. The maximum Gasteiger partial charge on any atom is 0.332 e. The third-order valence-corrected chi connectivity index (χ3v) is 4.90. The molecule has 5 nitrogen and oxygen atoms in total. The van der Waals surface area contributed by atoms with Gasteiger partial charge in [0.1, 0.15) is 0 Å².